The molecule has 202 valence electrons. The molecule has 0 aliphatic carbocycles. The summed E-state index contributed by atoms with van der Waals surface area (Å²) in [7, 11) is 1.41. The summed E-state index contributed by atoms with van der Waals surface area (Å²) >= 11 is 12.0. The largest absolute Gasteiger partial charge is 0.496 e. The number of urea groups is 1. The molecule has 0 radical (unpaired) electrons. The normalized spacial score (nSPS) is 11.2. The van der Waals surface area contributed by atoms with Crippen LogP contribution in [0.2, 0.25) is 10.0 Å². The van der Waals surface area contributed by atoms with Gasteiger partial charge in [-0.3, -0.25) is 4.79 Å². The van der Waals surface area contributed by atoms with Gasteiger partial charge in [-0.1, -0.05) is 41.4 Å². The Bertz CT molecular complexity index is 1330. The van der Waals surface area contributed by atoms with E-state index in [0.717, 1.165) is 12.1 Å². The Labute approximate surface area is 227 Å². The summed E-state index contributed by atoms with van der Waals surface area (Å²) in [5.41, 5.74) is 1.30. The average Bonchev–Trinajstić information content (AvgIpc) is 2.86. The minimum atomic E-state index is -4.60. The van der Waals surface area contributed by atoms with Crippen LogP contribution in [0, 0.1) is 0 Å². The number of alkyl halides is 3. The molecule has 3 aromatic rings. The Hall–Kier alpha value is -3.43. The summed E-state index contributed by atoms with van der Waals surface area (Å²) in [4.78, 5) is 25.6. The molecule has 3 rings (SSSR count). The van der Waals surface area contributed by atoms with Crippen molar-refractivity contribution in [2.75, 3.05) is 13.7 Å². The number of methoxy groups -OCH3 is 1. The number of nitrogens with zero attached hydrogens (tertiary/aromatic N) is 1. The molecule has 3 aromatic carbocycles. The molecule has 0 spiro atoms. The molecule has 11 heteroatoms. The van der Waals surface area contributed by atoms with Crippen molar-refractivity contribution in [2.24, 2.45) is 0 Å². The minimum Gasteiger partial charge on any atom is -0.496 e. The van der Waals surface area contributed by atoms with Crippen LogP contribution < -0.4 is 10.1 Å². The van der Waals surface area contributed by atoms with E-state index >= 15 is 0 Å². The van der Waals surface area contributed by atoms with Crippen LogP contribution in [-0.4, -0.2) is 35.7 Å². The number of ether oxygens (including phenoxy) is 1. The third-order valence-electron chi connectivity index (χ3n) is 5.80. The molecule has 0 unspecified atom stereocenters. The Morgan fingerprint density at radius 1 is 0.974 bits per heavy atom. The number of hydrogen-bond acceptors (Lipinski definition) is 3. The van der Waals surface area contributed by atoms with E-state index in [-0.39, 0.29) is 31.6 Å². The first-order chi connectivity index (χ1) is 17.9. The zero-order valence-electron chi connectivity index (χ0n) is 20.5. The lowest BCUT2D eigenvalue weighted by atomic mass is 9.94. The van der Waals surface area contributed by atoms with Gasteiger partial charge in [0.15, 0.2) is 0 Å². The van der Waals surface area contributed by atoms with Crippen molar-refractivity contribution >= 4 is 35.2 Å². The number of carboxylic acids is 1. The highest BCUT2D eigenvalue weighted by Gasteiger charge is 2.31. The highest BCUT2D eigenvalue weighted by molar-refractivity contribution is 6.42. The summed E-state index contributed by atoms with van der Waals surface area (Å²) in [5.74, 6) is -0.697. The zero-order valence-corrected chi connectivity index (χ0v) is 22.0. The molecule has 0 saturated heterocycles. The van der Waals surface area contributed by atoms with Crippen LogP contribution in [0.5, 0.6) is 5.75 Å². The summed E-state index contributed by atoms with van der Waals surface area (Å²) in [6.07, 6.45) is -4.87. The van der Waals surface area contributed by atoms with Crippen LogP contribution in [0.15, 0.2) is 54.6 Å². The maximum atomic E-state index is 13.6. The summed E-state index contributed by atoms with van der Waals surface area (Å²) in [6.45, 7) is 1.90. The average molecular weight is 569 g/mol. The molecule has 6 nitrogen and oxygen atoms in total. The van der Waals surface area contributed by atoms with Crippen molar-refractivity contribution < 1.29 is 32.6 Å². The third-order valence-corrected chi connectivity index (χ3v) is 6.54. The van der Waals surface area contributed by atoms with E-state index in [4.69, 9.17) is 27.9 Å². The van der Waals surface area contributed by atoms with E-state index in [0.29, 0.717) is 38.0 Å². The first-order valence-electron chi connectivity index (χ1n) is 11.5. The molecule has 0 bridgehead atoms. The van der Waals surface area contributed by atoms with Gasteiger partial charge in [0.1, 0.15) is 5.75 Å². The van der Waals surface area contributed by atoms with E-state index in [9.17, 15) is 27.9 Å². The summed E-state index contributed by atoms with van der Waals surface area (Å²) in [5, 5.41) is 12.6. The summed E-state index contributed by atoms with van der Waals surface area (Å²) in [6, 6.07) is 12.4. The number of carboxylic acid groups (broad SMARTS) is 1. The number of carbonyl (C=O) groups excluding carboxylic acids is 1. The van der Waals surface area contributed by atoms with Crippen LogP contribution in [0.4, 0.5) is 18.0 Å². The topological polar surface area (TPSA) is 78.9 Å². The smallest absolute Gasteiger partial charge is 0.416 e. The van der Waals surface area contributed by atoms with E-state index in [1.165, 1.54) is 18.1 Å². The van der Waals surface area contributed by atoms with Gasteiger partial charge in [-0.15, -0.1) is 0 Å². The first-order valence-corrected chi connectivity index (χ1v) is 12.2. The second-order valence-electron chi connectivity index (χ2n) is 8.40. The summed E-state index contributed by atoms with van der Waals surface area (Å²) < 4.78 is 46.2. The lowest BCUT2D eigenvalue weighted by Gasteiger charge is -2.24. The lowest BCUT2D eigenvalue weighted by molar-refractivity contribution is -0.138. The molecular formula is C27H25Cl2F3N2O4. The highest BCUT2D eigenvalue weighted by Crippen LogP contribution is 2.38. The number of hydrogen-bond donors (Lipinski definition) is 2. The molecule has 0 aliphatic heterocycles. The Morgan fingerprint density at radius 3 is 2.29 bits per heavy atom. The van der Waals surface area contributed by atoms with Crippen molar-refractivity contribution in [3.8, 4) is 16.9 Å². The van der Waals surface area contributed by atoms with Crippen LogP contribution in [-0.2, 0) is 30.5 Å². The van der Waals surface area contributed by atoms with Crippen molar-refractivity contribution in [1.29, 1.82) is 0 Å². The van der Waals surface area contributed by atoms with E-state index in [1.54, 1.807) is 43.3 Å². The number of halogens is 5. The number of carbonyl (C=O) groups is 2. The van der Waals surface area contributed by atoms with Crippen LogP contribution in [0.25, 0.3) is 11.1 Å². The molecule has 0 fully saturated rings. The van der Waals surface area contributed by atoms with E-state index in [2.05, 4.69) is 5.32 Å². The van der Waals surface area contributed by atoms with Crippen LogP contribution >= 0.6 is 23.2 Å². The quantitative estimate of drug-likeness (QED) is 0.290. The fourth-order valence-electron chi connectivity index (χ4n) is 3.89. The van der Waals surface area contributed by atoms with Gasteiger partial charge in [-0.05, 0) is 65.6 Å². The zero-order chi connectivity index (χ0) is 28.0. The Kier molecular flexibility index (Phi) is 9.51. The minimum absolute atomic E-state index is 0.132. The van der Waals surface area contributed by atoms with Gasteiger partial charge in [0, 0.05) is 25.2 Å². The van der Waals surface area contributed by atoms with Gasteiger partial charge < -0.3 is 20.1 Å². The van der Waals surface area contributed by atoms with E-state index < -0.39 is 23.7 Å². The van der Waals surface area contributed by atoms with Crippen molar-refractivity contribution in [3.05, 3.63) is 86.9 Å². The fraction of sp³-hybridized carbons (Fsp3) is 0.259. The first kappa shape index (κ1) is 29.1. The lowest BCUT2D eigenvalue weighted by Crippen LogP contribution is -2.39. The van der Waals surface area contributed by atoms with Gasteiger partial charge in [0.2, 0.25) is 0 Å². The van der Waals surface area contributed by atoms with Gasteiger partial charge >= 0.3 is 18.2 Å². The second kappa shape index (κ2) is 12.4. The van der Waals surface area contributed by atoms with Crippen molar-refractivity contribution in [1.82, 2.24) is 10.2 Å². The highest BCUT2D eigenvalue weighted by atomic mass is 35.5. The Balaban J connectivity index is 1.97. The number of rotatable bonds is 9. The number of benzene rings is 3. The fourth-order valence-corrected chi connectivity index (χ4v) is 4.21. The molecule has 2 amide bonds. The number of amides is 2. The Morgan fingerprint density at radius 2 is 1.68 bits per heavy atom. The molecule has 0 heterocycles. The predicted octanol–water partition coefficient (Wildman–Crippen LogP) is 7.05. The molecule has 0 aromatic heterocycles. The van der Waals surface area contributed by atoms with Gasteiger partial charge in [0.05, 0.1) is 29.1 Å². The molecule has 2 N–H and O–H groups in total. The number of nitrogens with one attached hydrogen (secondary N) is 1. The standard InChI is InChI=1S/C27H25Cl2F3N2O4/c1-3-34(26(37)33-14-17-4-8-22(28)23(29)11-17)15-18-13-19(27(30,31)32)6-7-20(18)21-10-16(12-25(35)36)5-9-24(21)38-2/h4-11,13H,3,12,14-15H2,1-2H3,(H,33,37)(H,35,36). The van der Waals surface area contributed by atoms with Crippen LogP contribution in [0.3, 0.4) is 0 Å². The molecular weight excluding hydrogens is 544 g/mol. The second-order valence-corrected chi connectivity index (χ2v) is 9.21. The molecule has 0 saturated carbocycles. The monoisotopic (exact) mass is 568 g/mol. The maximum absolute atomic E-state index is 13.6. The number of aliphatic carboxylic acids is 1. The third kappa shape index (κ3) is 7.33. The van der Waals surface area contributed by atoms with Gasteiger partial charge in [0.25, 0.3) is 0 Å². The van der Waals surface area contributed by atoms with Gasteiger partial charge in [-0.25, -0.2) is 4.79 Å². The molecule has 38 heavy (non-hydrogen) atoms. The van der Waals surface area contributed by atoms with Crippen molar-refractivity contribution in [2.45, 2.75) is 32.6 Å². The van der Waals surface area contributed by atoms with E-state index in [1.807, 2.05) is 0 Å². The predicted molar refractivity (Wildman–Crippen MR) is 140 cm³/mol. The maximum Gasteiger partial charge on any atom is 0.416 e. The molecule has 0 aliphatic rings. The van der Waals surface area contributed by atoms with Crippen molar-refractivity contribution in [3.63, 3.8) is 0 Å². The molecule has 0 atom stereocenters. The SMILES string of the molecule is CCN(Cc1cc(C(F)(F)F)ccc1-c1cc(CC(=O)O)ccc1OC)C(=O)NCc1ccc(Cl)c(Cl)c1. The van der Waals surface area contributed by atoms with Crippen LogP contribution in [0.1, 0.15) is 29.2 Å². The van der Waals surface area contributed by atoms with Gasteiger partial charge in [-0.2, -0.15) is 13.2 Å².